The quantitative estimate of drug-likeness (QED) is 0.822. The van der Waals surface area contributed by atoms with Crippen molar-refractivity contribution in [1.29, 1.82) is 0 Å². The fourth-order valence-corrected chi connectivity index (χ4v) is 1.48. The molecule has 2 rings (SSSR count). The van der Waals surface area contributed by atoms with E-state index in [1.165, 1.54) is 0 Å². The molecule has 4 nitrogen and oxygen atoms in total. The third-order valence-electron chi connectivity index (χ3n) is 2.40. The summed E-state index contributed by atoms with van der Waals surface area (Å²) in [5.41, 5.74) is 7.62. The van der Waals surface area contributed by atoms with Gasteiger partial charge in [0.25, 0.3) is 0 Å². The van der Waals surface area contributed by atoms with Gasteiger partial charge in [0.2, 0.25) is 0 Å². The fourth-order valence-electron chi connectivity index (χ4n) is 1.48. The molecule has 82 valence electrons. The first-order chi connectivity index (χ1) is 7.77. The summed E-state index contributed by atoms with van der Waals surface area (Å²) in [6, 6.07) is 7.74. The Morgan fingerprint density at radius 2 is 1.94 bits per heavy atom. The molecule has 2 heterocycles. The number of aromatic nitrogens is 2. The highest BCUT2D eigenvalue weighted by atomic mass is 15.0. The number of pyridine rings is 2. The number of hydrogen-bond donors (Lipinski definition) is 2. The summed E-state index contributed by atoms with van der Waals surface area (Å²) in [4.78, 5) is 8.18. The molecule has 0 aromatic carbocycles. The molecule has 2 aromatic rings. The Bertz CT molecular complexity index is 456. The Morgan fingerprint density at radius 3 is 2.62 bits per heavy atom. The topological polar surface area (TPSA) is 63.8 Å². The Labute approximate surface area is 94.5 Å². The maximum absolute atomic E-state index is 5.81. The lowest BCUT2D eigenvalue weighted by Crippen LogP contribution is -2.09. The first-order valence-corrected chi connectivity index (χ1v) is 5.14. The first-order valence-electron chi connectivity index (χ1n) is 5.14. The molecule has 1 atom stereocenters. The molecule has 0 saturated carbocycles. The summed E-state index contributed by atoms with van der Waals surface area (Å²) in [7, 11) is 0. The number of nitrogens with two attached hydrogens (primary N) is 1. The number of nitrogen functional groups attached to an aromatic ring is 1. The van der Waals surface area contributed by atoms with Crippen molar-refractivity contribution in [3.63, 3.8) is 0 Å². The number of anilines is 2. The second kappa shape index (κ2) is 4.61. The average molecular weight is 214 g/mol. The van der Waals surface area contributed by atoms with Gasteiger partial charge in [0, 0.05) is 18.6 Å². The van der Waals surface area contributed by atoms with Crippen LogP contribution in [-0.4, -0.2) is 9.97 Å². The molecule has 0 bridgehead atoms. The van der Waals surface area contributed by atoms with Crippen molar-refractivity contribution in [3.8, 4) is 0 Å². The van der Waals surface area contributed by atoms with Gasteiger partial charge in [0.1, 0.15) is 5.82 Å². The summed E-state index contributed by atoms with van der Waals surface area (Å²) in [6.45, 7) is 2.06. The molecule has 0 aliphatic rings. The van der Waals surface area contributed by atoms with Crippen molar-refractivity contribution in [3.05, 3.63) is 48.4 Å². The van der Waals surface area contributed by atoms with Crippen LogP contribution in [0.1, 0.15) is 18.5 Å². The van der Waals surface area contributed by atoms with Crippen LogP contribution in [-0.2, 0) is 0 Å². The van der Waals surface area contributed by atoms with E-state index in [1.807, 2.05) is 24.3 Å². The monoisotopic (exact) mass is 214 g/mol. The van der Waals surface area contributed by atoms with Gasteiger partial charge in [0.15, 0.2) is 0 Å². The van der Waals surface area contributed by atoms with Gasteiger partial charge in [-0.05, 0) is 36.8 Å². The van der Waals surface area contributed by atoms with Crippen LogP contribution >= 0.6 is 0 Å². The zero-order valence-corrected chi connectivity index (χ0v) is 9.09. The van der Waals surface area contributed by atoms with Gasteiger partial charge in [-0.2, -0.15) is 0 Å². The summed E-state index contributed by atoms with van der Waals surface area (Å²) in [6.07, 6.45) is 5.27. The van der Waals surface area contributed by atoms with Crippen molar-refractivity contribution in [1.82, 2.24) is 9.97 Å². The molecule has 16 heavy (non-hydrogen) atoms. The van der Waals surface area contributed by atoms with Gasteiger partial charge in [0.05, 0.1) is 11.7 Å². The minimum absolute atomic E-state index is 0.153. The molecule has 0 aliphatic carbocycles. The van der Waals surface area contributed by atoms with E-state index in [0.29, 0.717) is 11.5 Å². The van der Waals surface area contributed by atoms with Gasteiger partial charge in [-0.15, -0.1) is 0 Å². The maximum Gasteiger partial charge on any atom is 0.149 e. The second-order valence-corrected chi connectivity index (χ2v) is 3.59. The van der Waals surface area contributed by atoms with Crippen LogP contribution in [0, 0.1) is 0 Å². The zero-order valence-electron chi connectivity index (χ0n) is 9.09. The van der Waals surface area contributed by atoms with Crippen LogP contribution in [0.15, 0.2) is 42.9 Å². The third kappa shape index (κ3) is 2.28. The molecule has 0 amide bonds. The lowest BCUT2D eigenvalue weighted by atomic mass is 10.1. The predicted octanol–water partition coefficient (Wildman–Crippen LogP) is 2.23. The van der Waals surface area contributed by atoms with Crippen molar-refractivity contribution in [2.24, 2.45) is 0 Å². The van der Waals surface area contributed by atoms with Gasteiger partial charge >= 0.3 is 0 Å². The van der Waals surface area contributed by atoms with E-state index in [4.69, 9.17) is 5.73 Å². The van der Waals surface area contributed by atoms with Crippen LogP contribution < -0.4 is 11.1 Å². The van der Waals surface area contributed by atoms with E-state index >= 15 is 0 Å². The number of rotatable bonds is 3. The molecule has 3 N–H and O–H groups in total. The molecule has 2 aromatic heterocycles. The molecule has 0 spiro atoms. The van der Waals surface area contributed by atoms with E-state index in [-0.39, 0.29) is 6.04 Å². The molecule has 0 aliphatic heterocycles. The molecule has 0 fully saturated rings. The number of nitrogens with zero attached hydrogens (tertiary/aromatic N) is 2. The standard InChI is InChI=1S/C12H14N4/c1-9(10-4-7-14-8-5-10)16-12-11(13)3-2-6-15-12/h2-9H,13H2,1H3,(H,15,16). The summed E-state index contributed by atoms with van der Waals surface area (Å²) in [5, 5.41) is 3.26. The number of hydrogen-bond acceptors (Lipinski definition) is 4. The highest BCUT2D eigenvalue weighted by Gasteiger charge is 2.06. The molecular formula is C12H14N4. The molecule has 0 radical (unpaired) electrons. The summed E-state index contributed by atoms with van der Waals surface area (Å²) in [5.74, 6) is 0.715. The predicted molar refractivity (Wildman–Crippen MR) is 64.9 cm³/mol. The molecule has 0 saturated heterocycles. The zero-order chi connectivity index (χ0) is 11.4. The minimum atomic E-state index is 0.153. The highest BCUT2D eigenvalue weighted by molar-refractivity contribution is 5.61. The van der Waals surface area contributed by atoms with E-state index in [0.717, 1.165) is 5.56 Å². The van der Waals surface area contributed by atoms with E-state index in [2.05, 4.69) is 22.2 Å². The first kappa shape index (κ1) is 10.4. The minimum Gasteiger partial charge on any atom is -0.396 e. The SMILES string of the molecule is CC(Nc1ncccc1N)c1ccncc1. The maximum atomic E-state index is 5.81. The van der Waals surface area contributed by atoms with Crippen LogP contribution in [0.25, 0.3) is 0 Å². The van der Waals surface area contributed by atoms with Gasteiger partial charge in [-0.1, -0.05) is 0 Å². The number of nitrogens with one attached hydrogen (secondary N) is 1. The van der Waals surface area contributed by atoms with Crippen LogP contribution in [0.5, 0.6) is 0 Å². The van der Waals surface area contributed by atoms with Crippen molar-refractivity contribution in [2.45, 2.75) is 13.0 Å². The average Bonchev–Trinajstić information content (AvgIpc) is 2.33. The van der Waals surface area contributed by atoms with Crippen molar-refractivity contribution < 1.29 is 0 Å². The Balaban J connectivity index is 2.14. The van der Waals surface area contributed by atoms with Gasteiger partial charge in [-0.25, -0.2) is 4.98 Å². The molecular weight excluding hydrogens is 200 g/mol. The van der Waals surface area contributed by atoms with Crippen molar-refractivity contribution >= 4 is 11.5 Å². The Hall–Kier alpha value is -2.10. The van der Waals surface area contributed by atoms with Gasteiger partial charge < -0.3 is 11.1 Å². The Morgan fingerprint density at radius 1 is 1.19 bits per heavy atom. The largest absolute Gasteiger partial charge is 0.396 e. The normalized spacial score (nSPS) is 12.1. The lowest BCUT2D eigenvalue weighted by Gasteiger charge is -2.15. The second-order valence-electron chi connectivity index (χ2n) is 3.59. The van der Waals surface area contributed by atoms with Crippen LogP contribution in [0.2, 0.25) is 0 Å². The fraction of sp³-hybridized carbons (Fsp3) is 0.167. The highest BCUT2D eigenvalue weighted by Crippen LogP contribution is 2.20. The molecule has 4 heteroatoms. The Kier molecular flexibility index (Phi) is 3.00. The van der Waals surface area contributed by atoms with Crippen LogP contribution in [0.4, 0.5) is 11.5 Å². The van der Waals surface area contributed by atoms with E-state index < -0.39 is 0 Å². The smallest absolute Gasteiger partial charge is 0.149 e. The van der Waals surface area contributed by atoms with E-state index in [9.17, 15) is 0 Å². The van der Waals surface area contributed by atoms with E-state index in [1.54, 1.807) is 18.6 Å². The van der Waals surface area contributed by atoms with Crippen LogP contribution in [0.3, 0.4) is 0 Å². The third-order valence-corrected chi connectivity index (χ3v) is 2.40. The van der Waals surface area contributed by atoms with Gasteiger partial charge in [-0.3, -0.25) is 4.98 Å². The summed E-state index contributed by atoms with van der Waals surface area (Å²) < 4.78 is 0. The molecule has 1 unspecified atom stereocenters. The summed E-state index contributed by atoms with van der Waals surface area (Å²) >= 11 is 0. The lowest BCUT2D eigenvalue weighted by molar-refractivity contribution is 0.872. The van der Waals surface area contributed by atoms with Crippen molar-refractivity contribution in [2.75, 3.05) is 11.1 Å².